The number of H-pyrrole nitrogens is 2. The molecule has 0 saturated carbocycles. The number of allylic oxidation sites excluding steroid dienone is 7. The first-order valence-electron chi connectivity index (χ1n) is 19.3. The largest absolute Gasteiger partial charge is 0.359 e. The third-order valence-corrected chi connectivity index (χ3v) is 9.96. The number of imidazole rings is 1. The van der Waals surface area contributed by atoms with Gasteiger partial charge in [0.2, 0.25) is 0 Å². The van der Waals surface area contributed by atoms with Crippen molar-refractivity contribution in [2.24, 2.45) is 5.92 Å². The summed E-state index contributed by atoms with van der Waals surface area (Å²) in [5, 5.41) is 15.6. The highest BCUT2D eigenvalue weighted by Crippen LogP contribution is 2.32. The third kappa shape index (κ3) is 10.2. The monoisotopic (exact) mass is 716 g/mol. The van der Waals surface area contributed by atoms with Gasteiger partial charge < -0.3 is 20.5 Å². The predicted molar refractivity (Wildman–Crippen MR) is 220 cm³/mol. The Morgan fingerprint density at radius 2 is 1.87 bits per heavy atom. The SMILES string of the molecule is C=C/C=C(/c1cc(F)cc(CCCN2CCCC2)c1)c1nc(-c2n[nH]c3cnc(C(/C=C(\C=C)NC(=C)CC4CCNCC4)=C/C)cc23)[nH]c1C.CC. The molecule has 2 aliphatic heterocycles. The Bertz CT molecular complexity index is 1960. The van der Waals surface area contributed by atoms with E-state index in [-0.39, 0.29) is 5.82 Å². The summed E-state index contributed by atoms with van der Waals surface area (Å²) in [6.07, 6.45) is 19.0. The lowest BCUT2D eigenvalue weighted by Gasteiger charge is -2.24. The number of piperidine rings is 1. The molecule has 9 heteroatoms. The second-order valence-electron chi connectivity index (χ2n) is 13.7. The highest BCUT2D eigenvalue weighted by Gasteiger charge is 2.20. The summed E-state index contributed by atoms with van der Waals surface area (Å²) in [6, 6.07) is 7.34. The molecule has 2 saturated heterocycles. The molecule has 6 rings (SSSR count). The number of nitrogens with one attached hydrogen (secondary N) is 4. The van der Waals surface area contributed by atoms with Crippen LogP contribution >= 0.6 is 0 Å². The van der Waals surface area contributed by atoms with E-state index in [0.29, 0.717) is 17.4 Å². The van der Waals surface area contributed by atoms with Crippen molar-refractivity contribution in [3.8, 4) is 11.5 Å². The first kappa shape index (κ1) is 39.3. The normalized spacial score (nSPS) is 16.1. The summed E-state index contributed by atoms with van der Waals surface area (Å²) in [5.41, 5.74) is 9.23. The van der Waals surface area contributed by atoms with E-state index in [1.54, 1.807) is 24.4 Å². The number of halogens is 1. The Morgan fingerprint density at radius 1 is 1.09 bits per heavy atom. The first-order valence-corrected chi connectivity index (χ1v) is 19.3. The Hall–Kier alpha value is -4.86. The summed E-state index contributed by atoms with van der Waals surface area (Å²) < 4.78 is 15.0. The zero-order valence-corrected chi connectivity index (χ0v) is 32.1. The molecule has 0 amide bonds. The smallest absolute Gasteiger partial charge is 0.159 e. The van der Waals surface area contributed by atoms with Crippen LogP contribution in [0.25, 0.3) is 33.6 Å². The van der Waals surface area contributed by atoms with Gasteiger partial charge in [0.1, 0.15) is 11.5 Å². The van der Waals surface area contributed by atoms with Gasteiger partial charge in [-0.05, 0) is 144 Å². The van der Waals surface area contributed by atoms with Crippen LogP contribution in [0.3, 0.4) is 0 Å². The van der Waals surface area contributed by atoms with Crippen molar-refractivity contribution < 1.29 is 4.39 Å². The fourth-order valence-corrected chi connectivity index (χ4v) is 7.29. The van der Waals surface area contributed by atoms with Crippen molar-refractivity contribution in [3.63, 3.8) is 0 Å². The van der Waals surface area contributed by atoms with E-state index in [4.69, 9.17) is 9.97 Å². The van der Waals surface area contributed by atoms with Crippen LogP contribution < -0.4 is 10.6 Å². The van der Waals surface area contributed by atoms with Crippen molar-refractivity contribution in [2.75, 3.05) is 32.7 Å². The Balaban J connectivity index is 0.00000266. The lowest BCUT2D eigenvalue weighted by molar-refractivity contribution is 0.334. The minimum atomic E-state index is -0.250. The van der Waals surface area contributed by atoms with Crippen molar-refractivity contribution in [2.45, 2.75) is 72.6 Å². The Morgan fingerprint density at radius 3 is 2.58 bits per heavy atom. The molecule has 8 nitrogen and oxygen atoms in total. The predicted octanol–water partition coefficient (Wildman–Crippen LogP) is 9.43. The molecule has 0 unspecified atom stereocenters. The number of rotatable bonds is 15. The lowest BCUT2D eigenvalue weighted by Crippen LogP contribution is -2.28. The molecule has 0 spiro atoms. The number of aromatic nitrogens is 5. The van der Waals surface area contributed by atoms with Crippen molar-refractivity contribution in [3.05, 3.63) is 126 Å². The number of hydrogen-bond donors (Lipinski definition) is 4. The van der Waals surface area contributed by atoms with E-state index < -0.39 is 0 Å². The Kier molecular flexibility index (Phi) is 14.3. The van der Waals surface area contributed by atoms with Gasteiger partial charge in [0.25, 0.3) is 0 Å². The maximum absolute atomic E-state index is 15.0. The van der Waals surface area contributed by atoms with E-state index in [1.165, 1.54) is 25.9 Å². The van der Waals surface area contributed by atoms with Gasteiger partial charge in [-0.1, -0.05) is 57.9 Å². The number of aromatic amines is 2. The first-order chi connectivity index (χ1) is 25.8. The van der Waals surface area contributed by atoms with Gasteiger partial charge in [-0.3, -0.25) is 10.1 Å². The molecule has 0 atom stereocenters. The molecule has 5 heterocycles. The molecule has 53 heavy (non-hydrogen) atoms. The van der Waals surface area contributed by atoms with Crippen LogP contribution in [-0.2, 0) is 6.42 Å². The number of hydrogen-bond acceptors (Lipinski definition) is 6. The van der Waals surface area contributed by atoms with Gasteiger partial charge in [0.05, 0.1) is 23.1 Å². The van der Waals surface area contributed by atoms with E-state index in [2.05, 4.69) is 62.6 Å². The van der Waals surface area contributed by atoms with Crippen LogP contribution in [0.2, 0.25) is 0 Å². The minimum Gasteiger partial charge on any atom is -0.359 e. The van der Waals surface area contributed by atoms with Crippen molar-refractivity contribution >= 4 is 22.0 Å². The number of pyridine rings is 1. The summed E-state index contributed by atoms with van der Waals surface area (Å²) >= 11 is 0. The van der Waals surface area contributed by atoms with Crippen molar-refractivity contribution in [1.82, 2.24) is 40.7 Å². The molecule has 2 aliphatic rings. The number of benzene rings is 1. The molecular weight excluding hydrogens is 660 g/mol. The molecule has 280 valence electrons. The minimum absolute atomic E-state index is 0.250. The summed E-state index contributed by atoms with van der Waals surface area (Å²) in [4.78, 5) is 15.7. The van der Waals surface area contributed by atoms with Gasteiger partial charge in [0, 0.05) is 28.0 Å². The van der Waals surface area contributed by atoms with E-state index in [9.17, 15) is 0 Å². The average molecular weight is 717 g/mol. The lowest BCUT2D eigenvalue weighted by atomic mass is 9.93. The molecular formula is C44H57FN8. The van der Waals surface area contributed by atoms with E-state index >= 15 is 4.39 Å². The van der Waals surface area contributed by atoms with Gasteiger partial charge in [-0.2, -0.15) is 5.10 Å². The van der Waals surface area contributed by atoms with Gasteiger partial charge in [0.15, 0.2) is 5.82 Å². The van der Waals surface area contributed by atoms with Crippen LogP contribution in [-0.4, -0.2) is 62.8 Å². The zero-order valence-electron chi connectivity index (χ0n) is 32.1. The van der Waals surface area contributed by atoms with Crippen LogP contribution in [0.4, 0.5) is 4.39 Å². The number of likely N-dealkylation sites (tertiary alicyclic amines) is 1. The maximum atomic E-state index is 15.0. The molecule has 4 N–H and O–H groups in total. The molecule has 0 bridgehead atoms. The Labute approximate surface area is 315 Å². The molecule has 4 aromatic rings. The topological polar surface area (TPSA) is 97.6 Å². The third-order valence-electron chi connectivity index (χ3n) is 9.96. The van der Waals surface area contributed by atoms with Crippen LogP contribution in [0.1, 0.15) is 87.5 Å². The van der Waals surface area contributed by atoms with Crippen LogP contribution in [0, 0.1) is 18.7 Å². The quantitative estimate of drug-likeness (QED) is 0.0916. The number of aryl methyl sites for hydroxylation is 2. The van der Waals surface area contributed by atoms with Gasteiger partial charge in [-0.25, -0.2) is 9.37 Å². The molecule has 1 aromatic carbocycles. The molecule has 2 fully saturated rings. The highest BCUT2D eigenvalue weighted by atomic mass is 19.1. The fourth-order valence-electron chi connectivity index (χ4n) is 7.29. The number of nitrogens with zero attached hydrogens (tertiary/aromatic N) is 4. The average Bonchev–Trinajstić information content (AvgIpc) is 3.93. The second kappa shape index (κ2) is 19.3. The molecule has 0 aliphatic carbocycles. The van der Waals surface area contributed by atoms with Gasteiger partial charge >= 0.3 is 0 Å². The summed E-state index contributed by atoms with van der Waals surface area (Å²) in [6.45, 7) is 25.8. The fraction of sp³-hybridized carbons (Fsp3) is 0.386. The summed E-state index contributed by atoms with van der Waals surface area (Å²) in [7, 11) is 0. The van der Waals surface area contributed by atoms with Crippen LogP contribution in [0.5, 0.6) is 0 Å². The highest BCUT2D eigenvalue weighted by molar-refractivity contribution is 5.93. The molecule has 3 aromatic heterocycles. The number of fused-ring (bicyclic) bond motifs is 1. The summed E-state index contributed by atoms with van der Waals surface area (Å²) in [5.74, 6) is 1.00. The standard InChI is InChI=1S/C42H51FN8.C2H6/c1-6-12-36(33-22-31(23-34(43)24-33)13-11-20-51-18-9-10-19-51)40-29(5)47-42(48-40)41-37-26-38(45-27-39(37)49-50-41)32(7-2)25-35(8-3)46-28(4)21-30-14-16-44-17-15-30;1-2/h6-8,12,22-27,30,44,46H,1,3-4,9-11,13-21H2,2,5H3,(H,47,48)(H,49,50);1-2H3/b32-7+,35-25+,36-12-;. The van der Waals surface area contributed by atoms with E-state index in [1.807, 2.05) is 52.0 Å². The van der Waals surface area contributed by atoms with Crippen LogP contribution in [0.15, 0.2) is 92.0 Å². The van der Waals surface area contributed by atoms with Gasteiger partial charge in [-0.15, -0.1) is 0 Å². The zero-order chi connectivity index (χ0) is 37.7. The van der Waals surface area contributed by atoms with E-state index in [0.717, 1.165) is 113 Å². The maximum Gasteiger partial charge on any atom is 0.159 e. The second-order valence-corrected chi connectivity index (χ2v) is 13.7. The van der Waals surface area contributed by atoms with Crippen molar-refractivity contribution in [1.29, 1.82) is 0 Å². The molecule has 0 radical (unpaired) electrons.